The molecule has 52 valence electrons. The zero-order valence-electron chi connectivity index (χ0n) is 5.27. The SMILES string of the molecule is OC1=NOC2C=CC=CC12. The second-order valence-corrected chi connectivity index (χ2v) is 2.32. The Balaban J connectivity index is 2.27. The molecule has 0 radical (unpaired) electrons. The fourth-order valence-electron chi connectivity index (χ4n) is 1.10. The summed E-state index contributed by atoms with van der Waals surface area (Å²) >= 11 is 0. The summed E-state index contributed by atoms with van der Waals surface area (Å²) in [6.45, 7) is 0. The molecule has 2 atom stereocenters. The Kier molecular flexibility index (Phi) is 1.03. The lowest BCUT2D eigenvalue weighted by Crippen LogP contribution is -2.20. The minimum Gasteiger partial charge on any atom is -0.494 e. The molecule has 0 saturated carbocycles. The van der Waals surface area contributed by atoms with Gasteiger partial charge >= 0.3 is 0 Å². The predicted molar refractivity (Wildman–Crippen MR) is 36.7 cm³/mol. The third kappa shape index (κ3) is 0.635. The second kappa shape index (κ2) is 1.87. The molecular weight excluding hydrogens is 130 g/mol. The molecule has 2 rings (SSSR count). The number of fused-ring (bicyclic) bond motifs is 1. The first kappa shape index (κ1) is 5.53. The molecule has 1 aliphatic heterocycles. The van der Waals surface area contributed by atoms with Gasteiger partial charge in [-0.05, 0) is 6.08 Å². The van der Waals surface area contributed by atoms with E-state index in [1.807, 2.05) is 24.3 Å². The van der Waals surface area contributed by atoms with Gasteiger partial charge in [-0.2, -0.15) is 0 Å². The van der Waals surface area contributed by atoms with E-state index >= 15 is 0 Å². The predicted octanol–water partition coefficient (Wildman–Crippen LogP) is 0.999. The van der Waals surface area contributed by atoms with Crippen molar-refractivity contribution in [2.24, 2.45) is 11.1 Å². The van der Waals surface area contributed by atoms with Gasteiger partial charge in [-0.3, -0.25) is 0 Å². The molecule has 0 amide bonds. The molecule has 1 N–H and O–H groups in total. The van der Waals surface area contributed by atoms with Crippen LogP contribution in [0.4, 0.5) is 0 Å². The van der Waals surface area contributed by atoms with Crippen LogP contribution in [-0.4, -0.2) is 17.1 Å². The summed E-state index contributed by atoms with van der Waals surface area (Å²) < 4.78 is 0. The summed E-state index contributed by atoms with van der Waals surface area (Å²) in [4.78, 5) is 4.87. The van der Waals surface area contributed by atoms with Gasteiger partial charge in [-0.15, -0.1) is 0 Å². The molecule has 0 saturated heterocycles. The number of aliphatic hydroxyl groups excluding tert-OH is 1. The van der Waals surface area contributed by atoms with E-state index in [-0.39, 0.29) is 17.9 Å². The maximum absolute atomic E-state index is 9.06. The van der Waals surface area contributed by atoms with Gasteiger partial charge in [0, 0.05) is 0 Å². The Bertz CT molecular complexity index is 230. The first-order valence-corrected chi connectivity index (χ1v) is 3.15. The van der Waals surface area contributed by atoms with Crippen molar-refractivity contribution < 1.29 is 9.94 Å². The third-order valence-electron chi connectivity index (χ3n) is 1.65. The largest absolute Gasteiger partial charge is 0.494 e. The van der Waals surface area contributed by atoms with Crippen molar-refractivity contribution in [3.8, 4) is 0 Å². The fraction of sp³-hybridized carbons (Fsp3) is 0.286. The number of nitrogens with zero attached hydrogens (tertiary/aromatic N) is 1. The normalized spacial score (nSPS) is 35.0. The summed E-state index contributed by atoms with van der Waals surface area (Å²) in [7, 11) is 0. The van der Waals surface area contributed by atoms with Crippen molar-refractivity contribution in [3.63, 3.8) is 0 Å². The van der Waals surface area contributed by atoms with Gasteiger partial charge in [0.1, 0.15) is 0 Å². The van der Waals surface area contributed by atoms with Crippen LogP contribution in [0, 0.1) is 5.92 Å². The van der Waals surface area contributed by atoms with Crippen LogP contribution in [0.2, 0.25) is 0 Å². The van der Waals surface area contributed by atoms with Gasteiger partial charge in [0.25, 0.3) is 0 Å². The maximum Gasteiger partial charge on any atom is 0.234 e. The average molecular weight is 137 g/mol. The number of hydrogen-bond acceptors (Lipinski definition) is 2. The van der Waals surface area contributed by atoms with Crippen molar-refractivity contribution in [2.75, 3.05) is 0 Å². The summed E-state index contributed by atoms with van der Waals surface area (Å²) in [5, 5.41) is 12.5. The lowest BCUT2D eigenvalue weighted by Gasteiger charge is -2.10. The summed E-state index contributed by atoms with van der Waals surface area (Å²) in [5.41, 5.74) is 0. The molecule has 0 bridgehead atoms. The molecule has 1 heterocycles. The zero-order chi connectivity index (χ0) is 6.97. The van der Waals surface area contributed by atoms with Crippen LogP contribution in [0.25, 0.3) is 0 Å². The molecule has 2 aliphatic rings. The minimum absolute atomic E-state index is 0.0509. The van der Waals surface area contributed by atoms with E-state index in [0.717, 1.165) is 0 Å². The summed E-state index contributed by atoms with van der Waals surface area (Å²) in [6.07, 6.45) is 7.43. The molecule has 2 unspecified atom stereocenters. The summed E-state index contributed by atoms with van der Waals surface area (Å²) in [5.74, 6) is 0.0237. The number of aliphatic hydroxyl groups is 1. The van der Waals surface area contributed by atoms with Crippen molar-refractivity contribution in [1.29, 1.82) is 0 Å². The van der Waals surface area contributed by atoms with E-state index in [1.54, 1.807) is 0 Å². The van der Waals surface area contributed by atoms with Crippen molar-refractivity contribution >= 4 is 5.90 Å². The van der Waals surface area contributed by atoms with Crippen molar-refractivity contribution in [2.45, 2.75) is 6.10 Å². The van der Waals surface area contributed by atoms with Gasteiger partial charge in [-0.1, -0.05) is 23.4 Å². The number of rotatable bonds is 0. The van der Waals surface area contributed by atoms with Crippen LogP contribution < -0.4 is 0 Å². The van der Waals surface area contributed by atoms with Gasteiger partial charge < -0.3 is 9.94 Å². The van der Waals surface area contributed by atoms with Crippen LogP contribution in [0.3, 0.4) is 0 Å². The Morgan fingerprint density at radius 3 is 3.00 bits per heavy atom. The van der Waals surface area contributed by atoms with Crippen molar-refractivity contribution in [1.82, 2.24) is 0 Å². The molecule has 1 aliphatic carbocycles. The first-order chi connectivity index (χ1) is 4.88. The lowest BCUT2D eigenvalue weighted by molar-refractivity contribution is 0.105. The Morgan fingerprint density at radius 1 is 1.40 bits per heavy atom. The zero-order valence-corrected chi connectivity index (χ0v) is 5.27. The van der Waals surface area contributed by atoms with Crippen LogP contribution in [0.5, 0.6) is 0 Å². The van der Waals surface area contributed by atoms with Crippen LogP contribution in [0.15, 0.2) is 29.5 Å². The highest BCUT2D eigenvalue weighted by Crippen LogP contribution is 2.22. The van der Waals surface area contributed by atoms with Gasteiger partial charge in [-0.25, -0.2) is 0 Å². The fourth-order valence-corrected chi connectivity index (χ4v) is 1.10. The molecular formula is C7H7NO2. The molecule has 0 aromatic carbocycles. The monoisotopic (exact) mass is 137 g/mol. The highest BCUT2D eigenvalue weighted by molar-refractivity contribution is 5.80. The first-order valence-electron chi connectivity index (χ1n) is 3.15. The van der Waals surface area contributed by atoms with Crippen LogP contribution >= 0.6 is 0 Å². The average Bonchev–Trinajstić information content (AvgIpc) is 2.34. The third-order valence-corrected chi connectivity index (χ3v) is 1.65. The molecule has 0 fully saturated rings. The van der Waals surface area contributed by atoms with Gasteiger partial charge in [0.2, 0.25) is 5.90 Å². The van der Waals surface area contributed by atoms with Crippen LogP contribution in [-0.2, 0) is 4.84 Å². The van der Waals surface area contributed by atoms with Gasteiger partial charge in [0.15, 0.2) is 6.10 Å². The van der Waals surface area contributed by atoms with Crippen molar-refractivity contribution in [3.05, 3.63) is 24.3 Å². The Morgan fingerprint density at radius 2 is 2.20 bits per heavy atom. The number of oxime groups is 1. The van der Waals surface area contributed by atoms with E-state index in [0.29, 0.717) is 0 Å². The molecule has 0 aromatic heterocycles. The topological polar surface area (TPSA) is 41.8 Å². The highest BCUT2D eigenvalue weighted by Gasteiger charge is 2.30. The Labute approximate surface area is 58.3 Å². The number of hydrogen-bond donors (Lipinski definition) is 1. The van der Waals surface area contributed by atoms with E-state index < -0.39 is 0 Å². The summed E-state index contributed by atoms with van der Waals surface area (Å²) in [6, 6.07) is 0. The van der Waals surface area contributed by atoms with Gasteiger partial charge in [0.05, 0.1) is 5.92 Å². The quantitative estimate of drug-likeness (QED) is 0.541. The van der Waals surface area contributed by atoms with E-state index in [9.17, 15) is 0 Å². The minimum atomic E-state index is -0.0787. The molecule has 10 heavy (non-hydrogen) atoms. The molecule has 0 spiro atoms. The van der Waals surface area contributed by atoms with E-state index in [1.165, 1.54) is 0 Å². The highest BCUT2D eigenvalue weighted by atomic mass is 16.7. The molecule has 0 aromatic rings. The molecule has 3 nitrogen and oxygen atoms in total. The van der Waals surface area contributed by atoms with Crippen LogP contribution in [0.1, 0.15) is 0 Å². The molecule has 3 heteroatoms. The lowest BCUT2D eigenvalue weighted by atomic mass is 9.99. The second-order valence-electron chi connectivity index (χ2n) is 2.32. The maximum atomic E-state index is 9.06. The van der Waals surface area contributed by atoms with E-state index in [2.05, 4.69) is 5.16 Å². The Hall–Kier alpha value is -1.25. The standard InChI is InChI=1S/C7H7NO2/c9-7-5-3-1-2-4-6(5)10-8-7/h1-6H,(H,8,9). The number of allylic oxidation sites excluding steroid dienone is 2. The smallest absolute Gasteiger partial charge is 0.234 e. The van der Waals surface area contributed by atoms with E-state index in [4.69, 9.17) is 9.94 Å².